The molecule has 2 N–H and O–H groups in total. The zero-order valence-corrected chi connectivity index (χ0v) is 13.7. The van der Waals surface area contributed by atoms with Gasteiger partial charge in [-0.1, -0.05) is 6.07 Å². The molecule has 2 aromatic rings. The van der Waals surface area contributed by atoms with Crippen LogP contribution in [0.4, 0.5) is 11.4 Å². The zero-order valence-electron chi connectivity index (χ0n) is 12.8. The molecule has 2 heterocycles. The Morgan fingerprint density at radius 1 is 1.33 bits per heavy atom. The molecule has 0 radical (unpaired) electrons. The SMILES string of the molecule is Cl.O=C(Nc1cccc([N+](=O)[O-])c1)C1(n2cccn2)CCNCC1. The van der Waals surface area contributed by atoms with Crippen LogP contribution >= 0.6 is 12.4 Å². The number of rotatable bonds is 4. The van der Waals surface area contributed by atoms with E-state index in [2.05, 4.69) is 15.7 Å². The summed E-state index contributed by atoms with van der Waals surface area (Å²) in [5, 5.41) is 21.1. The van der Waals surface area contributed by atoms with Crippen molar-refractivity contribution in [2.75, 3.05) is 18.4 Å². The molecule has 0 bridgehead atoms. The van der Waals surface area contributed by atoms with Crippen LogP contribution < -0.4 is 10.6 Å². The topological polar surface area (TPSA) is 102 Å². The van der Waals surface area contributed by atoms with Gasteiger partial charge in [-0.3, -0.25) is 19.6 Å². The summed E-state index contributed by atoms with van der Waals surface area (Å²) in [6.45, 7) is 1.42. The molecule has 1 aromatic carbocycles. The number of nitro benzene ring substituents is 1. The Morgan fingerprint density at radius 3 is 2.71 bits per heavy atom. The van der Waals surface area contributed by atoms with Gasteiger partial charge in [0.05, 0.1) is 4.92 Å². The van der Waals surface area contributed by atoms with Crippen molar-refractivity contribution in [1.29, 1.82) is 0 Å². The van der Waals surface area contributed by atoms with E-state index >= 15 is 0 Å². The summed E-state index contributed by atoms with van der Waals surface area (Å²) in [7, 11) is 0. The molecule has 128 valence electrons. The van der Waals surface area contributed by atoms with E-state index < -0.39 is 10.5 Å². The third kappa shape index (κ3) is 3.39. The molecule has 0 spiro atoms. The van der Waals surface area contributed by atoms with Gasteiger partial charge in [0.2, 0.25) is 0 Å². The number of carbonyl (C=O) groups is 1. The smallest absolute Gasteiger partial charge is 0.271 e. The molecule has 1 aliphatic rings. The van der Waals surface area contributed by atoms with Gasteiger partial charge in [0.1, 0.15) is 5.54 Å². The van der Waals surface area contributed by atoms with E-state index in [9.17, 15) is 14.9 Å². The van der Waals surface area contributed by atoms with E-state index in [4.69, 9.17) is 0 Å². The molecule has 0 unspecified atom stereocenters. The Morgan fingerprint density at radius 2 is 2.08 bits per heavy atom. The molecular formula is C15H18ClN5O3. The standard InChI is InChI=1S/C15H17N5O3.ClH/c21-14(18-12-3-1-4-13(11-12)20(22)23)15(5-8-16-9-6-15)19-10-2-7-17-19;/h1-4,7,10-11,16H,5-6,8-9H2,(H,18,21);1H. The van der Waals surface area contributed by atoms with Crippen LogP contribution in [0.1, 0.15) is 12.8 Å². The number of carbonyl (C=O) groups excluding carboxylic acids is 1. The molecule has 1 saturated heterocycles. The summed E-state index contributed by atoms with van der Waals surface area (Å²) < 4.78 is 1.68. The largest absolute Gasteiger partial charge is 0.324 e. The van der Waals surface area contributed by atoms with E-state index in [-0.39, 0.29) is 24.0 Å². The minimum absolute atomic E-state index is 0. The lowest BCUT2D eigenvalue weighted by molar-refractivity contribution is -0.384. The summed E-state index contributed by atoms with van der Waals surface area (Å²) in [5.74, 6) is -0.205. The number of halogens is 1. The van der Waals surface area contributed by atoms with Gasteiger partial charge in [0, 0.05) is 30.2 Å². The number of nitrogens with one attached hydrogen (secondary N) is 2. The Balaban J connectivity index is 0.00000208. The van der Waals surface area contributed by atoms with E-state index in [1.54, 1.807) is 35.3 Å². The van der Waals surface area contributed by atoms with Gasteiger partial charge in [-0.2, -0.15) is 5.10 Å². The van der Waals surface area contributed by atoms with Crippen molar-refractivity contribution in [1.82, 2.24) is 15.1 Å². The maximum Gasteiger partial charge on any atom is 0.271 e. The number of nitro groups is 1. The average molecular weight is 352 g/mol. The minimum atomic E-state index is -0.778. The summed E-state index contributed by atoms with van der Waals surface area (Å²) in [5.41, 5.74) is -0.421. The van der Waals surface area contributed by atoms with Crippen LogP contribution in [0.25, 0.3) is 0 Å². The monoisotopic (exact) mass is 351 g/mol. The maximum atomic E-state index is 12.9. The third-order valence-corrected chi connectivity index (χ3v) is 4.11. The fourth-order valence-corrected chi connectivity index (χ4v) is 2.87. The minimum Gasteiger partial charge on any atom is -0.324 e. The Hall–Kier alpha value is -2.45. The van der Waals surface area contributed by atoms with Crippen molar-refractivity contribution >= 4 is 29.7 Å². The first kappa shape index (κ1) is 17.9. The summed E-state index contributed by atoms with van der Waals surface area (Å²) in [4.78, 5) is 23.3. The number of anilines is 1. The molecule has 1 aliphatic heterocycles. The van der Waals surface area contributed by atoms with Crippen LogP contribution in [0.3, 0.4) is 0 Å². The van der Waals surface area contributed by atoms with E-state index in [0.717, 1.165) is 0 Å². The molecule has 3 rings (SSSR count). The average Bonchev–Trinajstić information content (AvgIpc) is 3.10. The lowest BCUT2D eigenvalue weighted by atomic mass is 9.87. The summed E-state index contributed by atoms with van der Waals surface area (Å²) >= 11 is 0. The predicted molar refractivity (Wildman–Crippen MR) is 91.3 cm³/mol. The Labute approximate surface area is 144 Å². The summed E-state index contributed by atoms with van der Waals surface area (Å²) in [6.07, 6.45) is 4.63. The van der Waals surface area contributed by atoms with Crippen molar-refractivity contribution in [3.05, 3.63) is 52.8 Å². The van der Waals surface area contributed by atoms with Gasteiger partial charge < -0.3 is 10.6 Å². The molecule has 1 aromatic heterocycles. The molecule has 0 atom stereocenters. The van der Waals surface area contributed by atoms with Crippen molar-refractivity contribution in [3.63, 3.8) is 0 Å². The van der Waals surface area contributed by atoms with Gasteiger partial charge in [-0.05, 0) is 38.1 Å². The van der Waals surface area contributed by atoms with Crippen LogP contribution in [0, 0.1) is 10.1 Å². The second kappa shape index (κ2) is 7.41. The molecule has 0 aliphatic carbocycles. The van der Waals surface area contributed by atoms with Gasteiger partial charge in [0.15, 0.2) is 0 Å². The molecule has 24 heavy (non-hydrogen) atoms. The second-order valence-electron chi connectivity index (χ2n) is 5.49. The lowest BCUT2D eigenvalue weighted by Gasteiger charge is -2.36. The van der Waals surface area contributed by atoms with E-state index in [1.807, 2.05) is 0 Å². The molecular weight excluding hydrogens is 334 g/mol. The first-order valence-corrected chi connectivity index (χ1v) is 7.39. The van der Waals surface area contributed by atoms with Crippen LogP contribution in [-0.2, 0) is 10.3 Å². The van der Waals surface area contributed by atoms with E-state index in [0.29, 0.717) is 31.6 Å². The van der Waals surface area contributed by atoms with Crippen molar-refractivity contribution in [3.8, 4) is 0 Å². The number of nitrogens with zero attached hydrogens (tertiary/aromatic N) is 3. The Kier molecular flexibility index (Phi) is 5.53. The number of amides is 1. The van der Waals surface area contributed by atoms with Gasteiger partial charge in [0.25, 0.3) is 11.6 Å². The molecule has 0 saturated carbocycles. The van der Waals surface area contributed by atoms with E-state index in [1.165, 1.54) is 12.1 Å². The molecule has 1 fully saturated rings. The fraction of sp³-hybridized carbons (Fsp3) is 0.333. The van der Waals surface area contributed by atoms with Crippen molar-refractivity contribution in [2.24, 2.45) is 0 Å². The van der Waals surface area contributed by atoms with Crippen LogP contribution in [0.5, 0.6) is 0 Å². The fourth-order valence-electron chi connectivity index (χ4n) is 2.87. The number of benzene rings is 1. The number of non-ortho nitro benzene ring substituents is 1. The number of piperidine rings is 1. The zero-order chi connectivity index (χ0) is 16.3. The van der Waals surface area contributed by atoms with Gasteiger partial charge >= 0.3 is 0 Å². The third-order valence-electron chi connectivity index (χ3n) is 4.11. The number of hydrogen-bond acceptors (Lipinski definition) is 5. The molecule has 9 heteroatoms. The molecule has 1 amide bonds. The maximum absolute atomic E-state index is 12.9. The predicted octanol–water partition coefficient (Wildman–Crippen LogP) is 1.93. The normalized spacial score (nSPS) is 16.0. The quantitative estimate of drug-likeness (QED) is 0.647. The molecule has 8 nitrogen and oxygen atoms in total. The van der Waals surface area contributed by atoms with Crippen molar-refractivity contribution < 1.29 is 9.72 Å². The highest BCUT2D eigenvalue weighted by Crippen LogP contribution is 2.29. The van der Waals surface area contributed by atoms with Crippen LogP contribution in [-0.4, -0.2) is 33.7 Å². The highest BCUT2D eigenvalue weighted by molar-refractivity contribution is 5.97. The first-order valence-electron chi connectivity index (χ1n) is 7.39. The second-order valence-corrected chi connectivity index (χ2v) is 5.49. The number of hydrogen-bond donors (Lipinski definition) is 2. The highest BCUT2D eigenvalue weighted by atomic mass is 35.5. The first-order chi connectivity index (χ1) is 11.1. The van der Waals surface area contributed by atoms with Gasteiger partial charge in [-0.25, -0.2) is 0 Å². The highest BCUT2D eigenvalue weighted by Gasteiger charge is 2.42. The van der Waals surface area contributed by atoms with Crippen molar-refractivity contribution in [2.45, 2.75) is 18.4 Å². The lowest BCUT2D eigenvalue weighted by Crippen LogP contribution is -2.52. The van der Waals surface area contributed by atoms with Crippen LogP contribution in [0.15, 0.2) is 42.7 Å². The Bertz CT molecular complexity index is 714. The van der Waals surface area contributed by atoms with Crippen LogP contribution in [0.2, 0.25) is 0 Å². The summed E-state index contributed by atoms with van der Waals surface area (Å²) in [6, 6.07) is 7.73. The van der Waals surface area contributed by atoms with Gasteiger partial charge in [-0.15, -0.1) is 12.4 Å². The number of aromatic nitrogens is 2.